The number of hydrogen-bond donors (Lipinski definition) is 1. The third-order valence-electron chi connectivity index (χ3n) is 1.96. The number of nitrogens with one attached hydrogen (secondary N) is 1. The van der Waals surface area contributed by atoms with Crippen molar-refractivity contribution < 1.29 is 9.53 Å². The lowest BCUT2D eigenvalue weighted by Gasteiger charge is -2.17. The Hall–Kier alpha value is -1.01. The number of methoxy groups -OCH3 is 1. The van der Waals surface area contributed by atoms with Gasteiger partial charge in [0.1, 0.15) is 0 Å². The standard InChI is InChI=1S/C11H19NO2/c1-5-7-10(6-2)12-9(3)8-11(13)14-4/h2,9-10,12H,5,7-8H2,1,3-4H3. The fourth-order valence-corrected chi connectivity index (χ4v) is 1.24. The molecule has 0 amide bonds. The van der Waals surface area contributed by atoms with E-state index in [4.69, 9.17) is 6.42 Å². The second-order valence-corrected chi connectivity index (χ2v) is 3.36. The normalized spacial score (nSPS) is 14.1. The molecule has 0 radical (unpaired) electrons. The average molecular weight is 197 g/mol. The van der Waals surface area contributed by atoms with Crippen LogP contribution in [0.2, 0.25) is 0 Å². The Balaban J connectivity index is 3.85. The van der Waals surface area contributed by atoms with E-state index in [-0.39, 0.29) is 18.1 Å². The van der Waals surface area contributed by atoms with Crippen LogP contribution in [-0.4, -0.2) is 25.2 Å². The summed E-state index contributed by atoms with van der Waals surface area (Å²) in [6, 6.07) is 0.120. The van der Waals surface area contributed by atoms with Gasteiger partial charge < -0.3 is 10.1 Å². The van der Waals surface area contributed by atoms with Crippen LogP contribution < -0.4 is 5.32 Å². The molecule has 1 N–H and O–H groups in total. The van der Waals surface area contributed by atoms with Gasteiger partial charge in [0.2, 0.25) is 0 Å². The minimum atomic E-state index is -0.211. The summed E-state index contributed by atoms with van der Waals surface area (Å²) in [5, 5.41) is 3.20. The van der Waals surface area contributed by atoms with Crippen LogP contribution in [0.1, 0.15) is 33.1 Å². The number of esters is 1. The van der Waals surface area contributed by atoms with Crippen molar-refractivity contribution in [2.45, 2.75) is 45.2 Å². The van der Waals surface area contributed by atoms with Gasteiger partial charge in [0.15, 0.2) is 0 Å². The zero-order valence-corrected chi connectivity index (χ0v) is 9.17. The minimum Gasteiger partial charge on any atom is -0.469 e. The monoisotopic (exact) mass is 197 g/mol. The van der Waals surface area contributed by atoms with E-state index in [1.807, 2.05) is 6.92 Å². The van der Waals surface area contributed by atoms with Crippen LogP contribution in [-0.2, 0) is 9.53 Å². The predicted molar refractivity (Wildman–Crippen MR) is 56.8 cm³/mol. The molecule has 3 heteroatoms. The van der Waals surface area contributed by atoms with E-state index in [0.29, 0.717) is 6.42 Å². The van der Waals surface area contributed by atoms with Crippen molar-refractivity contribution in [2.75, 3.05) is 7.11 Å². The van der Waals surface area contributed by atoms with E-state index < -0.39 is 0 Å². The van der Waals surface area contributed by atoms with E-state index in [1.54, 1.807) is 0 Å². The third kappa shape index (κ3) is 5.60. The third-order valence-corrected chi connectivity index (χ3v) is 1.96. The molecule has 3 nitrogen and oxygen atoms in total. The van der Waals surface area contributed by atoms with Gasteiger partial charge in [-0.15, -0.1) is 6.42 Å². The van der Waals surface area contributed by atoms with Gasteiger partial charge in [-0.3, -0.25) is 4.79 Å². The molecule has 2 atom stereocenters. The zero-order valence-electron chi connectivity index (χ0n) is 9.17. The molecule has 0 aromatic heterocycles. The topological polar surface area (TPSA) is 38.3 Å². The molecule has 0 heterocycles. The molecule has 14 heavy (non-hydrogen) atoms. The van der Waals surface area contributed by atoms with E-state index >= 15 is 0 Å². The van der Waals surface area contributed by atoms with Crippen molar-refractivity contribution in [3.05, 3.63) is 0 Å². The van der Waals surface area contributed by atoms with Crippen molar-refractivity contribution in [2.24, 2.45) is 0 Å². The Morgan fingerprint density at radius 3 is 2.71 bits per heavy atom. The Morgan fingerprint density at radius 1 is 1.64 bits per heavy atom. The quantitative estimate of drug-likeness (QED) is 0.515. The first-order chi connectivity index (χ1) is 6.63. The Kier molecular flexibility index (Phi) is 6.87. The van der Waals surface area contributed by atoms with Gasteiger partial charge in [-0.05, 0) is 13.3 Å². The van der Waals surface area contributed by atoms with Crippen LogP contribution in [0.15, 0.2) is 0 Å². The lowest BCUT2D eigenvalue weighted by molar-refractivity contribution is -0.141. The van der Waals surface area contributed by atoms with Crippen molar-refractivity contribution in [3.8, 4) is 12.3 Å². The minimum absolute atomic E-state index is 0.0552. The summed E-state index contributed by atoms with van der Waals surface area (Å²) < 4.78 is 4.57. The molecule has 0 bridgehead atoms. The van der Waals surface area contributed by atoms with Gasteiger partial charge in [0.05, 0.1) is 19.6 Å². The lowest BCUT2D eigenvalue weighted by Crippen LogP contribution is -2.37. The molecule has 0 aliphatic carbocycles. The molecule has 0 aromatic carbocycles. The van der Waals surface area contributed by atoms with Crippen LogP contribution in [0.5, 0.6) is 0 Å². The maximum Gasteiger partial charge on any atom is 0.307 e. The number of ether oxygens (including phenoxy) is 1. The predicted octanol–water partition coefficient (Wildman–Crippen LogP) is 1.33. The molecule has 0 aromatic rings. The number of terminal acetylenes is 1. The van der Waals surface area contributed by atoms with Crippen LogP contribution in [0, 0.1) is 12.3 Å². The van der Waals surface area contributed by atoms with Gasteiger partial charge in [-0.2, -0.15) is 0 Å². The summed E-state index contributed by atoms with van der Waals surface area (Å²) in [7, 11) is 1.39. The zero-order chi connectivity index (χ0) is 11.0. The highest BCUT2D eigenvalue weighted by Crippen LogP contribution is 2.00. The molecule has 0 saturated heterocycles. The highest BCUT2D eigenvalue weighted by molar-refractivity contribution is 5.69. The molecule has 0 saturated carbocycles. The number of rotatable bonds is 6. The Labute approximate surface area is 86.2 Å². The van der Waals surface area contributed by atoms with Gasteiger partial charge in [0, 0.05) is 6.04 Å². The summed E-state index contributed by atoms with van der Waals surface area (Å²) in [6.07, 6.45) is 7.67. The second-order valence-electron chi connectivity index (χ2n) is 3.36. The second kappa shape index (κ2) is 7.40. The summed E-state index contributed by atoms with van der Waals surface area (Å²) in [4.78, 5) is 10.9. The highest BCUT2D eigenvalue weighted by Gasteiger charge is 2.12. The van der Waals surface area contributed by atoms with Gasteiger partial charge in [-0.25, -0.2) is 0 Å². The molecule has 0 aliphatic heterocycles. The highest BCUT2D eigenvalue weighted by atomic mass is 16.5. The fraction of sp³-hybridized carbons (Fsp3) is 0.727. The van der Waals surface area contributed by atoms with Crippen LogP contribution in [0.4, 0.5) is 0 Å². The van der Waals surface area contributed by atoms with Crippen molar-refractivity contribution in [1.29, 1.82) is 0 Å². The molecule has 80 valence electrons. The first kappa shape index (κ1) is 13.0. The van der Waals surface area contributed by atoms with Gasteiger partial charge in [-0.1, -0.05) is 19.3 Å². The Morgan fingerprint density at radius 2 is 2.29 bits per heavy atom. The van der Waals surface area contributed by atoms with Crippen molar-refractivity contribution >= 4 is 5.97 Å². The molecular weight excluding hydrogens is 178 g/mol. The summed E-state index contributed by atoms with van der Waals surface area (Å²) in [5.41, 5.74) is 0. The van der Waals surface area contributed by atoms with E-state index in [9.17, 15) is 4.79 Å². The van der Waals surface area contributed by atoms with Crippen LogP contribution >= 0.6 is 0 Å². The van der Waals surface area contributed by atoms with Crippen molar-refractivity contribution in [3.63, 3.8) is 0 Å². The van der Waals surface area contributed by atoms with Crippen molar-refractivity contribution in [1.82, 2.24) is 5.32 Å². The van der Waals surface area contributed by atoms with E-state index in [0.717, 1.165) is 12.8 Å². The van der Waals surface area contributed by atoms with E-state index in [1.165, 1.54) is 7.11 Å². The molecule has 0 spiro atoms. The SMILES string of the molecule is C#CC(CCC)NC(C)CC(=O)OC. The van der Waals surface area contributed by atoms with Crippen LogP contribution in [0.25, 0.3) is 0 Å². The number of hydrogen-bond acceptors (Lipinski definition) is 3. The maximum atomic E-state index is 10.9. The van der Waals surface area contributed by atoms with Gasteiger partial charge in [0.25, 0.3) is 0 Å². The maximum absolute atomic E-state index is 10.9. The summed E-state index contributed by atoms with van der Waals surface area (Å²) >= 11 is 0. The molecule has 0 rings (SSSR count). The Bertz CT molecular complexity index is 208. The first-order valence-electron chi connectivity index (χ1n) is 4.93. The summed E-state index contributed by atoms with van der Waals surface area (Å²) in [5.74, 6) is 2.45. The summed E-state index contributed by atoms with van der Waals surface area (Å²) in [6.45, 7) is 4.01. The molecule has 0 aliphatic rings. The van der Waals surface area contributed by atoms with E-state index in [2.05, 4.69) is 22.9 Å². The lowest BCUT2D eigenvalue weighted by atomic mass is 10.1. The molecule has 2 unspecified atom stereocenters. The molecule has 0 fully saturated rings. The van der Waals surface area contributed by atoms with Gasteiger partial charge >= 0.3 is 5.97 Å². The fourth-order valence-electron chi connectivity index (χ4n) is 1.24. The smallest absolute Gasteiger partial charge is 0.307 e. The average Bonchev–Trinajstić information content (AvgIpc) is 2.16. The largest absolute Gasteiger partial charge is 0.469 e. The number of carbonyl (C=O) groups is 1. The number of carbonyl (C=O) groups excluding carboxylic acids is 1. The molecular formula is C11H19NO2. The van der Waals surface area contributed by atoms with Crippen LogP contribution in [0.3, 0.4) is 0 Å². The first-order valence-corrected chi connectivity index (χ1v) is 4.93.